The van der Waals surface area contributed by atoms with Crippen molar-refractivity contribution in [1.82, 2.24) is 5.32 Å². The van der Waals surface area contributed by atoms with Gasteiger partial charge in [0.1, 0.15) is 0 Å². The standard InChI is InChI=1S/C16H25N/c1-14-9-11-15(12-10-14)6-4-5-13-17-16-7-2-3-8-16/h9-12,16-17H,2-8,13H2,1H3. The third-order valence-electron chi connectivity index (χ3n) is 3.80. The Balaban J connectivity index is 1.55. The van der Waals surface area contributed by atoms with Crippen molar-refractivity contribution < 1.29 is 0 Å². The summed E-state index contributed by atoms with van der Waals surface area (Å²) in [7, 11) is 0. The van der Waals surface area contributed by atoms with E-state index in [1.807, 2.05) is 0 Å². The minimum Gasteiger partial charge on any atom is -0.314 e. The molecule has 1 fully saturated rings. The topological polar surface area (TPSA) is 12.0 Å². The van der Waals surface area contributed by atoms with E-state index in [2.05, 4.69) is 36.5 Å². The first-order valence-corrected chi connectivity index (χ1v) is 7.13. The maximum absolute atomic E-state index is 3.68. The molecule has 1 aromatic rings. The highest BCUT2D eigenvalue weighted by Crippen LogP contribution is 2.17. The molecule has 0 atom stereocenters. The van der Waals surface area contributed by atoms with Gasteiger partial charge in [-0.1, -0.05) is 42.7 Å². The molecule has 0 heterocycles. The van der Waals surface area contributed by atoms with Crippen LogP contribution in [0.3, 0.4) is 0 Å². The van der Waals surface area contributed by atoms with E-state index in [0.717, 1.165) is 6.04 Å². The minimum absolute atomic E-state index is 0.828. The van der Waals surface area contributed by atoms with Gasteiger partial charge < -0.3 is 5.32 Å². The number of hydrogen-bond acceptors (Lipinski definition) is 1. The van der Waals surface area contributed by atoms with Crippen LogP contribution in [0.5, 0.6) is 0 Å². The van der Waals surface area contributed by atoms with Crippen molar-refractivity contribution >= 4 is 0 Å². The molecular weight excluding hydrogens is 206 g/mol. The maximum atomic E-state index is 3.68. The normalized spacial score (nSPS) is 16.5. The summed E-state index contributed by atoms with van der Waals surface area (Å²) in [5.41, 5.74) is 2.84. The lowest BCUT2D eigenvalue weighted by Crippen LogP contribution is -2.26. The van der Waals surface area contributed by atoms with Gasteiger partial charge in [0.05, 0.1) is 0 Å². The molecule has 0 aliphatic heterocycles. The summed E-state index contributed by atoms with van der Waals surface area (Å²) in [4.78, 5) is 0. The molecule has 0 unspecified atom stereocenters. The zero-order valence-corrected chi connectivity index (χ0v) is 11.0. The lowest BCUT2D eigenvalue weighted by atomic mass is 10.1. The average molecular weight is 231 g/mol. The quantitative estimate of drug-likeness (QED) is 0.733. The number of unbranched alkanes of at least 4 members (excludes halogenated alkanes) is 1. The molecule has 1 heteroatoms. The summed E-state index contributed by atoms with van der Waals surface area (Å²) in [6, 6.07) is 9.78. The van der Waals surface area contributed by atoms with E-state index < -0.39 is 0 Å². The number of rotatable bonds is 6. The van der Waals surface area contributed by atoms with Gasteiger partial charge in [0.25, 0.3) is 0 Å². The summed E-state index contributed by atoms with van der Waals surface area (Å²) in [5.74, 6) is 0. The SMILES string of the molecule is Cc1ccc(CCCCNC2CCCC2)cc1. The number of aryl methyl sites for hydroxylation is 2. The summed E-state index contributed by atoms with van der Waals surface area (Å²) < 4.78 is 0. The number of nitrogens with one attached hydrogen (secondary N) is 1. The van der Waals surface area contributed by atoms with Gasteiger partial charge in [-0.15, -0.1) is 0 Å². The van der Waals surface area contributed by atoms with Crippen molar-refractivity contribution in [2.45, 2.75) is 57.9 Å². The summed E-state index contributed by atoms with van der Waals surface area (Å²) >= 11 is 0. The summed E-state index contributed by atoms with van der Waals surface area (Å²) in [6.07, 6.45) is 9.51. The minimum atomic E-state index is 0.828. The Bertz CT molecular complexity index is 309. The van der Waals surface area contributed by atoms with E-state index in [4.69, 9.17) is 0 Å². The highest BCUT2D eigenvalue weighted by atomic mass is 14.9. The summed E-state index contributed by atoms with van der Waals surface area (Å²) in [5, 5.41) is 3.68. The van der Waals surface area contributed by atoms with Crippen molar-refractivity contribution in [3.8, 4) is 0 Å². The first-order chi connectivity index (χ1) is 8.34. The van der Waals surface area contributed by atoms with Gasteiger partial charge in [-0.3, -0.25) is 0 Å². The van der Waals surface area contributed by atoms with Gasteiger partial charge in [-0.05, 0) is 51.1 Å². The van der Waals surface area contributed by atoms with Crippen LogP contribution in [-0.2, 0) is 6.42 Å². The van der Waals surface area contributed by atoms with Crippen molar-refractivity contribution in [3.63, 3.8) is 0 Å². The fraction of sp³-hybridized carbons (Fsp3) is 0.625. The maximum Gasteiger partial charge on any atom is 0.00670 e. The van der Waals surface area contributed by atoms with E-state index in [9.17, 15) is 0 Å². The van der Waals surface area contributed by atoms with E-state index in [0.29, 0.717) is 0 Å². The first kappa shape index (κ1) is 12.6. The number of benzene rings is 1. The lowest BCUT2D eigenvalue weighted by molar-refractivity contribution is 0.508. The van der Waals surface area contributed by atoms with E-state index in [1.165, 1.54) is 62.6 Å². The van der Waals surface area contributed by atoms with E-state index in [-0.39, 0.29) is 0 Å². The van der Waals surface area contributed by atoms with Crippen molar-refractivity contribution in [2.75, 3.05) is 6.54 Å². The lowest BCUT2D eigenvalue weighted by Gasteiger charge is -2.11. The molecule has 17 heavy (non-hydrogen) atoms. The highest BCUT2D eigenvalue weighted by Gasteiger charge is 2.12. The van der Waals surface area contributed by atoms with Crippen molar-refractivity contribution in [2.24, 2.45) is 0 Å². The Morgan fingerprint density at radius 2 is 1.76 bits per heavy atom. The fourth-order valence-electron chi connectivity index (χ4n) is 2.64. The molecule has 1 aliphatic rings. The first-order valence-electron chi connectivity index (χ1n) is 7.13. The molecule has 1 nitrogen and oxygen atoms in total. The van der Waals surface area contributed by atoms with Crippen molar-refractivity contribution in [1.29, 1.82) is 0 Å². The second-order valence-electron chi connectivity index (χ2n) is 5.38. The molecule has 1 N–H and O–H groups in total. The predicted octanol–water partition coefficient (Wildman–Crippen LogP) is 3.85. The molecule has 0 amide bonds. The Labute approximate surface area is 106 Å². The Morgan fingerprint density at radius 1 is 1.06 bits per heavy atom. The van der Waals surface area contributed by atoms with Crippen molar-refractivity contribution in [3.05, 3.63) is 35.4 Å². The fourth-order valence-corrected chi connectivity index (χ4v) is 2.64. The molecule has 0 spiro atoms. The largest absolute Gasteiger partial charge is 0.314 e. The van der Waals surface area contributed by atoms with E-state index in [1.54, 1.807) is 0 Å². The van der Waals surface area contributed by atoms with Crippen LogP contribution < -0.4 is 5.32 Å². The van der Waals surface area contributed by atoms with Crippen LogP contribution in [0, 0.1) is 6.92 Å². The highest BCUT2D eigenvalue weighted by molar-refractivity contribution is 5.21. The van der Waals surface area contributed by atoms with Gasteiger partial charge in [0.15, 0.2) is 0 Å². The van der Waals surface area contributed by atoms with Crippen LogP contribution >= 0.6 is 0 Å². The number of hydrogen-bond donors (Lipinski definition) is 1. The predicted molar refractivity (Wildman–Crippen MR) is 74.4 cm³/mol. The van der Waals surface area contributed by atoms with Crippen LogP contribution in [0.1, 0.15) is 49.7 Å². The molecule has 0 saturated heterocycles. The average Bonchev–Trinajstić information content (AvgIpc) is 2.84. The Hall–Kier alpha value is -0.820. The van der Waals surface area contributed by atoms with Gasteiger partial charge >= 0.3 is 0 Å². The third-order valence-corrected chi connectivity index (χ3v) is 3.80. The molecule has 0 bridgehead atoms. The van der Waals surface area contributed by atoms with Gasteiger partial charge in [-0.25, -0.2) is 0 Å². The smallest absolute Gasteiger partial charge is 0.00670 e. The molecule has 1 aliphatic carbocycles. The van der Waals surface area contributed by atoms with Crippen LogP contribution in [0.25, 0.3) is 0 Å². The molecule has 1 saturated carbocycles. The summed E-state index contributed by atoms with van der Waals surface area (Å²) in [6.45, 7) is 3.35. The van der Waals surface area contributed by atoms with E-state index >= 15 is 0 Å². The second kappa shape index (κ2) is 6.80. The second-order valence-corrected chi connectivity index (χ2v) is 5.38. The monoisotopic (exact) mass is 231 g/mol. The zero-order valence-electron chi connectivity index (χ0n) is 11.0. The van der Waals surface area contributed by atoms with Crippen LogP contribution in [-0.4, -0.2) is 12.6 Å². The Kier molecular flexibility index (Phi) is 5.06. The third kappa shape index (κ3) is 4.51. The zero-order chi connectivity index (χ0) is 11.9. The molecule has 0 aromatic heterocycles. The van der Waals surface area contributed by atoms with Gasteiger partial charge in [0.2, 0.25) is 0 Å². The molecular formula is C16H25N. The molecule has 2 rings (SSSR count). The Morgan fingerprint density at radius 3 is 2.47 bits per heavy atom. The van der Waals surface area contributed by atoms with Crippen LogP contribution in [0.2, 0.25) is 0 Å². The van der Waals surface area contributed by atoms with Crippen LogP contribution in [0.4, 0.5) is 0 Å². The van der Waals surface area contributed by atoms with Gasteiger partial charge in [0, 0.05) is 6.04 Å². The molecule has 1 aromatic carbocycles. The molecule has 0 radical (unpaired) electrons. The van der Waals surface area contributed by atoms with Gasteiger partial charge in [-0.2, -0.15) is 0 Å². The molecule has 94 valence electrons. The van der Waals surface area contributed by atoms with Crippen LogP contribution in [0.15, 0.2) is 24.3 Å².